The lowest BCUT2D eigenvalue weighted by atomic mass is 10.1. The Hall–Kier alpha value is -2.44. The minimum Gasteiger partial charge on any atom is -0.419 e. The number of carbonyl (C=O) groups excluding carboxylic acids is 1. The van der Waals surface area contributed by atoms with Crippen LogP contribution in [0.5, 0.6) is 5.75 Å². The molecule has 20 heavy (non-hydrogen) atoms. The highest BCUT2D eigenvalue weighted by Crippen LogP contribution is 2.13. The zero-order valence-electron chi connectivity index (χ0n) is 11.9. The molecule has 2 aromatic rings. The van der Waals surface area contributed by atoms with E-state index in [4.69, 9.17) is 4.74 Å². The van der Waals surface area contributed by atoms with E-state index < -0.39 is 11.5 Å². The van der Waals surface area contributed by atoms with Crippen LogP contribution in [0.2, 0.25) is 0 Å². The van der Waals surface area contributed by atoms with Gasteiger partial charge in [-0.1, -0.05) is 0 Å². The molecule has 0 radical (unpaired) electrons. The van der Waals surface area contributed by atoms with Gasteiger partial charge in [-0.2, -0.15) is 10.2 Å². The summed E-state index contributed by atoms with van der Waals surface area (Å²) in [6, 6.07) is 0. The largest absolute Gasteiger partial charge is 0.419 e. The van der Waals surface area contributed by atoms with Crippen LogP contribution in [0.1, 0.15) is 28.5 Å². The minimum atomic E-state index is -0.691. The molecule has 2 heterocycles. The van der Waals surface area contributed by atoms with E-state index >= 15 is 0 Å². The van der Waals surface area contributed by atoms with Gasteiger partial charge in [0.05, 0.1) is 18.1 Å². The van der Waals surface area contributed by atoms with E-state index in [2.05, 4.69) is 10.2 Å². The monoisotopic (exact) mass is 276 g/mol. The maximum absolute atomic E-state index is 12.2. The van der Waals surface area contributed by atoms with Gasteiger partial charge in [-0.25, -0.2) is 9.48 Å². The Labute approximate surface area is 115 Å². The summed E-state index contributed by atoms with van der Waals surface area (Å²) in [5.74, 6) is -0.378. The predicted molar refractivity (Wildman–Crippen MR) is 71.8 cm³/mol. The lowest BCUT2D eigenvalue weighted by Gasteiger charge is -2.08. The van der Waals surface area contributed by atoms with E-state index in [0.717, 1.165) is 4.68 Å². The van der Waals surface area contributed by atoms with Gasteiger partial charge in [0.1, 0.15) is 5.56 Å². The Morgan fingerprint density at radius 1 is 1.40 bits per heavy atom. The van der Waals surface area contributed by atoms with Gasteiger partial charge in [0.25, 0.3) is 5.56 Å². The Morgan fingerprint density at radius 2 is 2.10 bits per heavy atom. The van der Waals surface area contributed by atoms with Crippen LogP contribution in [0.4, 0.5) is 0 Å². The fourth-order valence-electron chi connectivity index (χ4n) is 1.82. The molecule has 7 nitrogen and oxygen atoms in total. The van der Waals surface area contributed by atoms with Crippen molar-refractivity contribution in [1.29, 1.82) is 0 Å². The number of esters is 1. The van der Waals surface area contributed by atoms with Gasteiger partial charge >= 0.3 is 5.97 Å². The average Bonchev–Trinajstić information content (AvgIpc) is 2.84. The van der Waals surface area contributed by atoms with Crippen molar-refractivity contribution in [3.63, 3.8) is 0 Å². The topological polar surface area (TPSA) is 79.0 Å². The number of nitrogens with zero attached hydrogens (tertiary/aromatic N) is 4. The SMILES string of the molecule is CCn1cc(OC(=O)c2c(C)c(C)nn(C)c2=O)cn1. The number of aryl methyl sites for hydroxylation is 3. The van der Waals surface area contributed by atoms with Crippen LogP contribution < -0.4 is 10.3 Å². The third-order valence-electron chi connectivity index (χ3n) is 3.07. The van der Waals surface area contributed by atoms with Crippen LogP contribution in [-0.2, 0) is 13.6 Å². The number of hydrogen-bond acceptors (Lipinski definition) is 5. The summed E-state index contributed by atoms with van der Waals surface area (Å²) in [7, 11) is 1.50. The third kappa shape index (κ3) is 2.47. The first-order valence-corrected chi connectivity index (χ1v) is 6.23. The van der Waals surface area contributed by atoms with E-state index in [1.54, 1.807) is 24.7 Å². The van der Waals surface area contributed by atoms with Crippen LogP contribution in [-0.4, -0.2) is 25.5 Å². The number of rotatable bonds is 3. The molecule has 0 spiro atoms. The molecule has 0 aromatic carbocycles. The van der Waals surface area contributed by atoms with Gasteiger partial charge in [-0.05, 0) is 26.3 Å². The van der Waals surface area contributed by atoms with Gasteiger partial charge in [0, 0.05) is 13.6 Å². The predicted octanol–water partition coefficient (Wildman–Crippen LogP) is 0.833. The first-order valence-electron chi connectivity index (χ1n) is 6.23. The van der Waals surface area contributed by atoms with Crippen molar-refractivity contribution in [3.05, 3.63) is 39.6 Å². The molecular formula is C13H16N4O3. The van der Waals surface area contributed by atoms with Gasteiger partial charge in [0.15, 0.2) is 5.75 Å². The highest BCUT2D eigenvalue weighted by atomic mass is 16.5. The van der Waals surface area contributed by atoms with Gasteiger partial charge in [-0.15, -0.1) is 0 Å². The Balaban J connectivity index is 2.37. The summed E-state index contributed by atoms with van der Waals surface area (Å²) in [5.41, 5.74) is 0.675. The fourth-order valence-corrected chi connectivity index (χ4v) is 1.82. The smallest absolute Gasteiger partial charge is 0.349 e. The second kappa shape index (κ2) is 5.28. The van der Waals surface area contributed by atoms with Crippen LogP contribution in [0.3, 0.4) is 0 Å². The summed E-state index contributed by atoms with van der Waals surface area (Å²) in [5, 5.41) is 8.03. The summed E-state index contributed by atoms with van der Waals surface area (Å²) < 4.78 is 7.95. The maximum Gasteiger partial charge on any atom is 0.349 e. The van der Waals surface area contributed by atoms with Crippen molar-refractivity contribution < 1.29 is 9.53 Å². The van der Waals surface area contributed by atoms with Crippen molar-refractivity contribution >= 4 is 5.97 Å². The maximum atomic E-state index is 12.2. The van der Waals surface area contributed by atoms with Crippen LogP contribution >= 0.6 is 0 Å². The molecule has 0 saturated heterocycles. The molecule has 7 heteroatoms. The van der Waals surface area contributed by atoms with Crippen molar-refractivity contribution in [2.45, 2.75) is 27.3 Å². The number of aromatic nitrogens is 4. The van der Waals surface area contributed by atoms with E-state index in [0.29, 0.717) is 23.6 Å². The lowest BCUT2D eigenvalue weighted by molar-refractivity contribution is 0.0730. The average molecular weight is 276 g/mol. The molecule has 0 atom stereocenters. The molecule has 0 N–H and O–H groups in total. The standard InChI is InChI=1S/C13H16N4O3/c1-5-17-7-10(6-14-17)20-13(19)11-8(2)9(3)15-16(4)12(11)18/h6-7H,5H2,1-4H3. The molecule has 0 fully saturated rings. The summed E-state index contributed by atoms with van der Waals surface area (Å²) in [6.07, 6.45) is 3.04. The summed E-state index contributed by atoms with van der Waals surface area (Å²) in [6.45, 7) is 6.01. The highest BCUT2D eigenvalue weighted by Gasteiger charge is 2.20. The van der Waals surface area contributed by atoms with E-state index in [9.17, 15) is 9.59 Å². The van der Waals surface area contributed by atoms with Gasteiger partial charge < -0.3 is 4.74 Å². The van der Waals surface area contributed by atoms with E-state index in [-0.39, 0.29) is 5.56 Å². The van der Waals surface area contributed by atoms with E-state index in [1.807, 2.05) is 6.92 Å². The Kier molecular flexibility index (Phi) is 3.69. The van der Waals surface area contributed by atoms with Crippen molar-refractivity contribution in [2.24, 2.45) is 7.05 Å². The van der Waals surface area contributed by atoms with Crippen LogP contribution in [0.15, 0.2) is 17.2 Å². The molecular weight excluding hydrogens is 260 g/mol. The van der Waals surface area contributed by atoms with Crippen molar-refractivity contribution in [3.8, 4) is 5.75 Å². The fraction of sp³-hybridized carbons (Fsp3) is 0.385. The molecule has 0 aliphatic heterocycles. The quantitative estimate of drug-likeness (QED) is 0.776. The normalized spacial score (nSPS) is 10.6. The lowest BCUT2D eigenvalue weighted by Crippen LogP contribution is -2.30. The van der Waals surface area contributed by atoms with Gasteiger partial charge in [0.2, 0.25) is 0 Å². The van der Waals surface area contributed by atoms with E-state index in [1.165, 1.54) is 13.2 Å². The zero-order chi connectivity index (χ0) is 14.9. The summed E-state index contributed by atoms with van der Waals surface area (Å²) in [4.78, 5) is 24.2. The molecule has 0 amide bonds. The van der Waals surface area contributed by atoms with Gasteiger partial charge in [-0.3, -0.25) is 9.48 Å². The molecule has 0 bridgehead atoms. The van der Waals surface area contributed by atoms with Crippen molar-refractivity contribution in [1.82, 2.24) is 19.6 Å². The molecule has 0 aliphatic carbocycles. The number of carbonyl (C=O) groups is 1. The van der Waals surface area contributed by atoms with Crippen LogP contribution in [0.25, 0.3) is 0 Å². The Bertz CT molecular complexity index is 715. The zero-order valence-corrected chi connectivity index (χ0v) is 11.9. The molecule has 106 valence electrons. The summed E-state index contributed by atoms with van der Waals surface area (Å²) >= 11 is 0. The number of hydrogen-bond donors (Lipinski definition) is 0. The molecule has 2 aromatic heterocycles. The Morgan fingerprint density at radius 3 is 2.70 bits per heavy atom. The molecule has 0 saturated carbocycles. The second-order valence-electron chi connectivity index (χ2n) is 4.44. The molecule has 2 rings (SSSR count). The highest BCUT2D eigenvalue weighted by molar-refractivity contribution is 5.92. The van der Waals surface area contributed by atoms with Crippen molar-refractivity contribution in [2.75, 3.05) is 0 Å². The number of ether oxygens (including phenoxy) is 1. The molecule has 0 unspecified atom stereocenters. The van der Waals surface area contributed by atoms with Crippen LogP contribution in [0, 0.1) is 13.8 Å². The molecule has 0 aliphatic rings. The minimum absolute atomic E-state index is 0.00393. The third-order valence-corrected chi connectivity index (χ3v) is 3.07. The second-order valence-corrected chi connectivity index (χ2v) is 4.44. The first kappa shape index (κ1) is 14.0. The first-order chi connectivity index (χ1) is 9.43.